The van der Waals surface area contributed by atoms with Crippen molar-refractivity contribution in [2.45, 2.75) is 38.2 Å². The fourth-order valence-corrected chi connectivity index (χ4v) is 4.31. The second-order valence-corrected chi connectivity index (χ2v) is 9.10. The number of nitrogens with zero attached hydrogens (tertiary/aromatic N) is 5. The van der Waals surface area contributed by atoms with Gasteiger partial charge in [0, 0.05) is 20.1 Å². The summed E-state index contributed by atoms with van der Waals surface area (Å²) in [5.41, 5.74) is -8.17. The molecule has 1 fully saturated rings. The Morgan fingerprint density at radius 1 is 1.05 bits per heavy atom. The maximum atomic E-state index is 13.6. The number of ether oxygens (including phenoxy) is 1. The van der Waals surface area contributed by atoms with Crippen molar-refractivity contribution in [2.75, 3.05) is 24.5 Å². The first-order valence-electron chi connectivity index (χ1n) is 12.0. The summed E-state index contributed by atoms with van der Waals surface area (Å²) in [6, 6.07) is 0.350. The van der Waals surface area contributed by atoms with Crippen molar-refractivity contribution >= 4 is 23.1 Å². The van der Waals surface area contributed by atoms with Gasteiger partial charge in [0.05, 0.1) is 29.9 Å². The summed E-state index contributed by atoms with van der Waals surface area (Å²) in [4.78, 5) is 43.3. The molecule has 2 aromatic heterocycles. The summed E-state index contributed by atoms with van der Waals surface area (Å²) >= 11 is 0. The largest absolute Gasteiger partial charge is 0.491 e. The van der Waals surface area contributed by atoms with Gasteiger partial charge >= 0.3 is 30.2 Å². The number of carbonyl (C=O) groups is 1. The lowest BCUT2D eigenvalue weighted by Crippen LogP contribution is -2.55. The van der Waals surface area contributed by atoms with Crippen molar-refractivity contribution < 1.29 is 49.0 Å². The van der Waals surface area contributed by atoms with Gasteiger partial charge in [-0.2, -0.15) is 44.5 Å². The molecule has 0 radical (unpaired) electrons. The topological polar surface area (TPSA) is 103 Å². The molecule has 0 aliphatic carbocycles. The van der Waals surface area contributed by atoms with Crippen molar-refractivity contribution in [1.29, 1.82) is 0 Å². The van der Waals surface area contributed by atoms with E-state index in [4.69, 9.17) is 0 Å². The van der Waals surface area contributed by atoms with Gasteiger partial charge in [0.1, 0.15) is 0 Å². The molecule has 0 saturated carbocycles. The molecule has 1 aliphatic rings. The van der Waals surface area contributed by atoms with Gasteiger partial charge in [0.25, 0.3) is 5.56 Å². The highest BCUT2D eigenvalue weighted by Gasteiger charge is 2.44. The summed E-state index contributed by atoms with van der Waals surface area (Å²) in [6.07, 6.45) is -17.6. The molecule has 0 bridgehead atoms. The highest BCUT2D eigenvalue weighted by Crippen LogP contribution is 2.37. The maximum absolute atomic E-state index is 13.6. The molecule has 4 rings (SSSR count). The van der Waals surface area contributed by atoms with Gasteiger partial charge in [-0.3, -0.25) is 13.9 Å². The normalized spacial score (nSPS) is 16.3. The van der Waals surface area contributed by atoms with Crippen LogP contribution in [0.5, 0.6) is 0 Å². The van der Waals surface area contributed by atoms with E-state index in [1.807, 2.05) is 0 Å². The number of aromatic nitrogens is 4. The van der Waals surface area contributed by atoms with Gasteiger partial charge in [0.2, 0.25) is 5.95 Å². The molecular formula is C24H19F9N6O4. The average molecular weight is 626 g/mol. The minimum Gasteiger partial charge on any atom is -0.433 e. The third kappa shape index (κ3) is 6.04. The molecule has 10 nitrogen and oxygen atoms in total. The average Bonchev–Trinajstić information content (AvgIpc) is 3.28. The molecule has 3 heterocycles. The van der Waals surface area contributed by atoms with Crippen LogP contribution >= 0.6 is 0 Å². The van der Waals surface area contributed by atoms with Gasteiger partial charge in [-0.25, -0.2) is 14.2 Å². The Kier molecular flexibility index (Phi) is 8.04. The van der Waals surface area contributed by atoms with Crippen molar-refractivity contribution in [1.82, 2.24) is 24.0 Å². The van der Waals surface area contributed by atoms with Crippen LogP contribution in [0.4, 0.5) is 45.5 Å². The van der Waals surface area contributed by atoms with E-state index in [0.29, 0.717) is 9.13 Å². The number of hydrogen-bond acceptors (Lipinski definition) is 7. The van der Waals surface area contributed by atoms with Gasteiger partial charge in [0.15, 0.2) is 17.4 Å². The van der Waals surface area contributed by atoms with Gasteiger partial charge in [-0.15, -0.1) is 5.92 Å². The first-order chi connectivity index (χ1) is 19.9. The molecule has 19 heteroatoms. The molecule has 1 aliphatic heterocycles. The number of alkyl halides is 9. The number of rotatable bonds is 4. The van der Waals surface area contributed by atoms with Gasteiger partial charge in [-0.1, -0.05) is 5.92 Å². The van der Waals surface area contributed by atoms with Gasteiger partial charge in [-0.05, 0) is 25.1 Å². The highest BCUT2D eigenvalue weighted by molar-refractivity contribution is 5.78. The van der Waals surface area contributed by atoms with E-state index < -0.39 is 82.4 Å². The number of hydrogen-bond donors (Lipinski definition) is 1. The second-order valence-electron chi connectivity index (χ2n) is 9.10. The van der Waals surface area contributed by atoms with Crippen molar-refractivity contribution in [3.63, 3.8) is 0 Å². The van der Waals surface area contributed by atoms with E-state index in [1.165, 1.54) is 6.92 Å². The van der Waals surface area contributed by atoms with E-state index in [1.54, 1.807) is 0 Å². The molecule has 1 N–H and O–H groups in total. The molecule has 3 aromatic rings. The number of benzene rings is 1. The number of fused-ring (bicyclic) bond motifs is 1. The van der Waals surface area contributed by atoms with E-state index in [-0.39, 0.29) is 37.8 Å². The zero-order valence-electron chi connectivity index (χ0n) is 21.9. The highest BCUT2D eigenvalue weighted by atomic mass is 19.4. The number of imidazole rings is 1. The van der Waals surface area contributed by atoms with Crippen LogP contribution < -0.4 is 21.5 Å². The summed E-state index contributed by atoms with van der Waals surface area (Å²) in [6.45, 7) is 0.530. The number of esters is 1. The quantitative estimate of drug-likeness (QED) is 0.270. The SMILES string of the molecule is CC#CCn1c(N2CCNCC2OC(=O)C(F)(F)F)nc2c1c(=O)n(C)c(=O)n2-c1cc(C(F)(F)F)cc(C(F)(F)F)c1. The van der Waals surface area contributed by atoms with Crippen LogP contribution in [0.3, 0.4) is 0 Å². The van der Waals surface area contributed by atoms with E-state index >= 15 is 0 Å². The van der Waals surface area contributed by atoms with E-state index in [9.17, 15) is 53.9 Å². The number of piperazine rings is 1. The second kappa shape index (κ2) is 11.0. The fourth-order valence-electron chi connectivity index (χ4n) is 4.31. The van der Waals surface area contributed by atoms with Crippen molar-refractivity contribution in [3.05, 3.63) is 50.2 Å². The van der Waals surface area contributed by atoms with Crippen LogP contribution in [0, 0.1) is 11.8 Å². The number of anilines is 1. The zero-order chi connectivity index (χ0) is 32.1. The zero-order valence-corrected chi connectivity index (χ0v) is 21.9. The molecule has 43 heavy (non-hydrogen) atoms. The monoisotopic (exact) mass is 626 g/mol. The Morgan fingerprint density at radius 2 is 1.65 bits per heavy atom. The van der Waals surface area contributed by atoms with E-state index in [2.05, 4.69) is 26.9 Å². The van der Waals surface area contributed by atoms with Crippen LogP contribution in [-0.2, 0) is 35.5 Å². The lowest BCUT2D eigenvalue weighted by molar-refractivity contribution is -0.205. The fraction of sp³-hybridized carbons (Fsp3) is 0.417. The summed E-state index contributed by atoms with van der Waals surface area (Å²) in [7, 11) is 0.917. The summed E-state index contributed by atoms with van der Waals surface area (Å²) < 4.78 is 127. The molecular weight excluding hydrogens is 607 g/mol. The molecule has 1 atom stereocenters. The Bertz CT molecular complexity index is 1720. The lowest BCUT2D eigenvalue weighted by atomic mass is 10.1. The smallest absolute Gasteiger partial charge is 0.433 e. The third-order valence-electron chi connectivity index (χ3n) is 6.30. The Hall–Kier alpha value is -4.47. The maximum Gasteiger partial charge on any atom is 0.491 e. The van der Waals surface area contributed by atoms with Crippen LogP contribution in [0.1, 0.15) is 18.1 Å². The Morgan fingerprint density at radius 3 is 2.19 bits per heavy atom. The molecule has 0 spiro atoms. The minimum absolute atomic E-state index is 0.0934. The molecule has 1 unspecified atom stereocenters. The molecule has 0 amide bonds. The predicted molar refractivity (Wildman–Crippen MR) is 130 cm³/mol. The standard InChI is InChI=1S/C24H19F9N6O4/c1-3-4-6-38-16-17(35-20(38)37-7-5-34-11-15(37)43-19(41)24(31,32)33)39(21(42)36(2)18(16)40)14-9-12(22(25,26)27)8-13(10-14)23(28,29)30/h8-10,15,34H,5-7,11H2,1-2H3. The van der Waals surface area contributed by atoms with Crippen LogP contribution in [0.25, 0.3) is 16.9 Å². The van der Waals surface area contributed by atoms with Crippen molar-refractivity contribution in [2.24, 2.45) is 7.05 Å². The van der Waals surface area contributed by atoms with Gasteiger partial charge < -0.3 is 15.0 Å². The Balaban J connectivity index is 2.07. The first-order valence-corrected chi connectivity index (χ1v) is 12.0. The lowest BCUT2D eigenvalue weighted by Gasteiger charge is -2.36. The number of carbonyl (C=O) groups excluding carboxylic acids is 1. The first kappa shape index (κ1) is 31.5. The van der Waals surface area contributed by atoms with Crippen LogP contribution in [0.2, 0.25) is 0 Å². The predicted octanol–water partition coefficient (Wildman–Crippen LogP) is 2.79. The summed E-state index contributed by atoms with van der Waals surface area (Å²) in [5.74, 6) is 2.16. The van der Waals surface area contributed by atoms with Crippen LogP contribution in [-0.4, -0.2) is 56.7 Å². The molecule has 1 aromatic carbocycles. The number of nitrogens with one attached hydrogen (secondary N) is 1. The minimum atomic E-state index is -5.38. The molecule has 232 valence electrons. The Labute approximate surface area is 234 Å². The van der Waals surface area contributed by atoms with E-state index in [0.717, 1.165) is 16.5 Å². The summed E-state index contributed by atoms with van der Waals surface area (Å²) in [5, 5.41) is 2.71. The van der Waals surface area contributed by atoms with Crippen LogP contribution in [0.15, 0.2) is 27.8 Å². The third-order valence-corrected chi connectivity index (χ3v) is 6.30. The van der Waals surface area contributed by atoms with Crippen molar-refractivity contribution in [3.8, 4) is 17.5 Å². The molecule has 1 saturated heterocycles. The number of halogens is 9.